The zero-order chi connectivity index (χ0) is 20.4. The summed E-state index contributed by atoms with van der Waals surface area (Å²) in [6, 6.07) is 10.1. The third-order valence-electron chi connectivity index (χ3n) is 4.02. The monoisotopic (exact) mass is 402 g/mol. The van der Waals surface area contributed by atoms with Gasteiger partial charge in [0.15, 0.2) is 6.10 Å². The average Bonchev–Trinajstić information content (AvgIpc) is 2.62. The first kappa shape index (κ1) is 19.4. The van der Waals surface area contributed by atoms with Crippen LogP contribution < -0.4 is 15.7 Å². The van der Waals surface area contributed by atoms with Crippen molar-refractivity contribution in [1.82, 2.24) is 0 Å². The van der Waals surface area contributed by atoms with Crippen LogP contribution in [0.2, 0.25) is 5.02 Å². The number of non-ortho nitro benzene ring substituents is 1. The highest BCUT2D eigenvalue weighted by Crippen LogP contribution is 2.29. The fourth-order valence-electron chi connectivity index (χ4n) is 2.59. The van der Waals surface area contributed by atoms with Crippen molar-refractivity contribution in [3.8, 4) is 5.75 Å². The van der Waals surface area contributed by atoms with E-state index in [9.17, 15) is 19.7 Å². The molecular weight excluding hydrogens is 388 g/mol. The topological polar surface area (TPSA) is 112 Å². The second-order valence-electron chi connectivity index (χ2n) is 6.08. The van der Waals surface area contributed by atoms with Crippen LogP contribution in [-0.4, -0.2) is 16.9 Å². The van der Waals surface area contributed by atoms with Crippen molar-refractivity contribution in [2.24, 2.45) is 0 Å². The highest BCUT2D eigenvalue weighted by molar-refractivity contribution is 6.32. The Kier molecular flexibility index (Phi) is 5.32. The molecule has 0 fully saturated rings. The molecule has 3 aromatic rings. The summed E-state index contributed by atoms with van der Waals surface area (Å²) >= 11 is 5.97. The van der Waals surface area contributed by atoms with Gasteiger partial charge in [0, 0.05) is 35.3 Å². The minimum Gasteiger partial charge on any atom is -0.479 e. The molecule has 3 rings (SSSR count). The number of hydrogen-bond acceptors (Lipinski definition) is 6. The molecule has 0 aliphatic carbocycles. The van der Waals surface area contributed by atoms with Gasteiger partial charge >= 0.3 is 5.63 Å². The predicted octanol–water partition coefficient (Wildman–Crippen LogP) is 4.07. The number of rotatable bonds is 5. The molecule has 1 unspecified atom stereocenters. The molecule has 0 saturated heterocycles. The molecule has 0 bridgehead atoms. The van der Waals surface area contributed by atoms with E-state index < -0.39 is 22.6 Å². The van der Waals surface area contributed by atoms with Gasteiger partial charge in [0.2, 0.25) is 0 Å². The lowest BCUT2D eigenvalue weighted by Gasteiger charge is -2.15. The van der Waals surface area contributed by atoms with E-state index in [-0.39, 0.29) is 16.5 Å². The maximum Gasteiger partial charge on any atom is 0.336 e. The van der Waals surface area contributed by atoms with E-state index in [2.05, 4.69) is 5.32 Å². The van der Waals surface area contributed by atoms with Gasteiger partial charge in [0.05, 0.1) is 9.95 Å². The molecule has 0 saturated carbocycles. The molecule has 1 atom stereocenters. The Morgan fingerprint density at radius 1 is 1.25 bits per heavy atom. The van der Waals surface area contributed by atoms with E-state index in [1.165, 1.54) is 25.1 Å². The molecule has 1 amide bonds. The second kappa shape index (κ2) is 7.69. The van der Waals surface area contributed by atoms with Crippen molar-refractivity contribution in [2.45, 2.75) is 20.0 Å². The van der Waals surface area contributed by atoms with Gasteiger partial charge < -0.3 is 14.5 Å². The first-order chi connectivity index (χ1) is 13.2. The van der Waals surface area contributed by atoms with Crippen molar-refractivity contribution in [3.63, 3.8) is 0 Å². The van der Waals surface area contributed by atoms with Crippen LogP contribution in [0.25, 0.3) is 11.0 Å². The molecule has 2 aromatic carbocycles. The summed E-state index contributed by atoms with van der Waals surface area (Å²) in [6.45, 7) is 3.31. The average molecular weight is 403 g/mol. The van der Waals surface area contributed by atoms with E-state index in [1.54, 1.807) is 25.1 Å². The lowest BCUT2D eigenvalue weighted by Crippen LogP contribution is -2.30. The number of fused-ring (bicyclic) bond motifs is 1. The van der Waals surface area contributed by atoms with E-state index >= 15 is 0 Å². The van der Waals surface area contributed by atoms with Crippen LogP contribution in [0.4, 0.5) is 11.4 Å². The predicted molar refractivity (Wildman–Crippen MR) is 104 cm³/mol. The van der Waals surface area contributed by atoms with Crippen LogP contribution in [0.15, 0.2) is 51.7 Å². The third-order valence-corrected chi connectivity index (χ3v) is 4.31. The van der Waals surface area contributed by atoms with Crippen LogP contribution >= 0.6 is 11.6 Å². The summed E-state index contributed by atoms with van der Waals surface area (Å²) in [5.41, 5.74) is 0.903. The van der Waals surface area contributed by atoms with Gasteiger partial charge in [-0.15, -0.1) is 0 Å². The van der Waals surface area contributed by atoms with Crippen molar-refractivity contribution < 1.29 is 18.9 Å². The number of carbonyl (C=O) groups is 1. The van der Waals surface area contributed by atoms with Crippen LogP contribution in [0.5, 0.6) is 5.75 Å². The number of aryl methyl sites for hydroxylation is 1. The van der Waals surface area contributed by atoms with Gasteiger partial charge in [-0.1, -0.05) is 11.6 Å². The molecule has 28 heavy (non-hydrogen) atoms. The van der Waals surface area contributed by atoms with Gasteiger partial charge in [-0.25, -0.2) is 4.79 Å². The van der Waals surface area contributed by atoms with Crippen molar-refractivity contribution in [3.05, 3.63) is 73.6 Å². The normalized spacial score (nSPS) is 11.8. The summed E-state index contributed by atoms with van der Waals surface area (Å²) in [5.74, 6) is -0.321. The summed E-state index contributed by atoms with van der Waals surface area (Å²) in [7, 11) is 0. The Morgan fingerprint density at radius 3 is 2.68 bits per heavy atom. The second-order valence-corrected chi connectivity index (χ2v) is 6.49. The number of amides is 1. The number of nitro benzene ring substituents is 1. The zero-order valence-electron chi connectivity index (χ0n) is 14.9. The molecule has 0 aliphatic heterocycles. The Balaban J connectivity index is 1.75. The first-order valence-electron chi connectivity index (χ1n) is 8.20. The number of nitrogens with one attached hydrogen (secondary N) is 1. The standard InChI is InChI=1S/C19H15ClN2O6/c1-10-7-18(23)28-17-8-12(3-5-14(10)17)21-19(24)11(2)27-16-6-4-13(22(25)26)9-15(16)20/h3-9,11H,1-2H3,(H,21,24). The van der Waals surface area contributed by atoms with Gasteiger partial charge in [-0.3, -0.25) is 14.9 Å². The lowest BCUT2D eigenvalue weighted by atomic mass is 10.1. The summed E-state index contributed by atoms with van der Waals surface area (Å²) in [4.78, 5) is 34.1. The van der Waals surface area contributed by atoms with Crippen molar-refractivity contribution in [2.75, 3.05) is 5.32 Å². The summed E-state index contributed by atoms with van der Waals surface area (Å²) in [6.07, 6.45) is -0.931. The van der Waals surface area contributed by atoms with Gasteiger partial charge in [0.1, 0.15) is 11.3 Å². The van der Waals surface area contributed by atoms with Crippen LogP contribution in [-0.2, 0) is 4.79 Å². The van der Waals surface area contributed by atoms with Crippen LogP contribution in [0.3, 0.4) is 0 Å². The van der Waals surface area contributed by atoms with E-state index in [0.29, 0.717) is 11.3 Å². The highest BCUT2D eigenvalue weighted by Gasteiger charge is 2.18. The number of nitro groups is 1. The Labute approximate surface area is 163 Å². The number of carbonyl (C=O) groups excluding carboxylic acids is 1. The summed E-state index contributed by atoms with van der Waals surface area (Å²) < 4.78 is 10.7. The van der Waals surface area contributed by atoms with Crippen molar-refractivity contribution >= 4 is 39.9 Å². The number of anilines is 1. The van der Waals surface area contributed by atoms with Gasteiger partial charge in [0.25, 0.3) is 11.6 Å². The minimum absolute atomic E-state index is 0.0248. The summed E-state index contributed by atoms with van der Waals surface area (Å²) in [5, 5.41) is 14.2. The van der Waals surface area contributed by atoms with E-state index in [1.807, 2.05) is 0 Å². The highest BCUT2D eigenvalue weighted by atomic mass is 35.5. The molecule has 1 aromatic heterocycles. The lowest BCUT2D eigenvalue weighted by molar-refractivity contribution is -0.384. The van der Waals surface area contributed by atoms with Crippen molar-refractivity contribution in [1.29, 1.82) is 0 Å². The number of hydrogen-bond donors (Lipinski definition) is 1. The third kappa shape index (κ3) is 4.12. The van der Waals surface area contributed by atoms with Gasteiger partial charge in [-0.2, -0.15) is 0 Å². The maximum absolute atomic E-state index is 12.4. The smallest absolute Gasteiger partial charge is 0.336 e. The Hall–Kier alpha value is -3.39. The molecule has 0 aliphatic rings. The Morgan fingerprint density at radius 2 is 2.00 bits per heavy atom. The van der Waals surface area contributed by atoms with Crippen LogP contribution in [0, 0.1) is 17.0 Å². The quantitative estimate of drug-likeness (QED) is 0.391. The number of benzene rings is 2. The van der Waals surface area contributed by atoms with Gasteiger partial charge in [-0.05, 0) is 37.6 Å². The van der Waals surface area contributed by atoms with Crippen LogP contribution in [0.1, 0.15) is 12.5 Å². The molecule has 1 N–H and O–H groups in total. The molecule has 8 nitrogen and oxygen atoms in total. The maximum atomic E-state index is 12.4. The fraction of sp³-hybridized carbons (Fsp3) is 0.158. The number of ether oxygens (including phenoxy) is 1. The zero-order valence-corrected chi connectivity index (χ0v) is 15.6. The fourth-order valence-corrected chi connectivity index (χ4v) is 2.81. The molecule has 9 heteroatoms. The van der Waals surface area contributed by atoms with E-state index in [4.69, 9.17) is 20.8 Å². The molecule has 144 valence electrons. The molecule has 0 spiro atoms. The largest absolute Gasteiger partial charge is 0.479 e. The minimum atomic E-state index is -0.931. The number of halogens is 1. The Bertz CT molecular complexity index is 1140. The molecular formula is C19H15ClN2O6. The molecule has 0 radical (unpaired) electrons. The molecule has 1 heterocycles. The first-order valence-corrected chi connectivity index (χ1v) is 8.58. The van der Waals surface area contributed by atoms with E-state index in [0.717, 1.165) is 17.0 Å². The number of nitrogens with zero attached hydrogens (tertiary/aromatic N) is 1. The SMILES string of the molecule is Cc1cc(=O)oc2cc(NC(=O)C(C)Oc3ccc([N+](=O)[O-])cc3Cl)ccc12.